The number of aliphatic hydroxyl groups is 1. The number of carbonyl (C=O) groups excluding carboxylic acids is 2. The summed E-state index contributed by atoms with van der Waals surface area (Å²) in [5, 5.41) is 11.5. The van der Waals surface area contributed by atoms with Crippen LogP contribution in [0, 0.1) is 0 Å². The normalized spacial score (nSPS) is 16.0. The van der Waals surface area contributed by atoms with Crippen LogP contribution in [0.1, 0.15) is 62.8 Å². The highest BCUT2D eigenvalue weighted by atomic mass is 16.5. The summed E-state index contributed by atoms with van der Waals surface area (Å²) in [6.45, 7) is 10.2. The van der Waals surface area contributed by atoms with E-state index in [4.69, 9.17) is 14.2 Å². The molecule has 1 heterocycles. The van der Waals surface area contributed by atoms with Gasteiger partial charge in [-0.15, -0.1) is 0 Å². The highest BCUT2D eigenvalue weighted by molar-refractivity contribution is 6.46. The number of carbonyl (C=O) groups is 2. The molecule has 0 aromatic heterocycles. The SMILES string of the molecule is CCCCOc1ccc(C2/C(=C(/O)c3ccc(OCc4ccccc4)cc3)C(=O)C(=O)N2CCCN(CC)CC)cc1OC. The van der Waals surface area contributed by atoms with Crippen LogP contribution in [0.2, 0.25) is 0 Å². The second-order valence-corrected chi connectivity index (χ2v) is 10.8. The van der Waals surface area contributed by atoms with Crippen LogP contribution in [0.15, 0.2) is 78.4 Å². The molecule has 1 aliphatic rings. The molecule has 1 aliphatic heterocycles. The van der Waals surface area contributed by atoms with Crippen molar-refractivity contribution in [1.29, 1.82) is 0 Å². The predicted molar refractivity (Wildman–Crippen MR) is 172 cm³/mol. The van der Waals surface area contributed by atoms with Crippen LogP contribution in [0.5, 0.6) is 17.2 Å². The van der Waals surface area contributed by atoms with E-state index in [2.05, 4.69) is 25.7 Å². The van der Waals surface area contributed by atoms with E-state index in [1.54, 1.807) is 48.4 Å². The number of ether oxygens (including phenoxy) is 3. The van der Waals surface area contributed by atoms with Crippen molar-refractivity contribution in [2.45, 2.75) is 52.7 Å². The van der Waals surface area contributed by atoms with Crippen LogP contribution in [0.3, 0.4) is 0 Å². The molecule has 8 nitrogen and oxygen atoms in total. The van der Waals surface area contributed by atoms with E-state index in [1.165, 1.54) is 0 Å². The van der Waals surface area contributed by atoms with Crippen molar-refractivity contribution >= 4 is 17.4 Å². The van der Waals surface area contributed by atoms with Crippen molar-refractivity contribution in [3.05, 3.63) is 95.1 Å². The Morgan fingerprint density at radius 1 is 0.886 bits per heavy atom. The summed E-state index contributed by atoms with van der Waals surface area (Å²) in [6.07, 6.45) is 2.60. The molecule has 0 saturated carbocycles. The van der Waals surface area contributed by atoms with E-state index < -0.39 is 17.7 Å². The number of likely N-dealkylation sites (tertiary alicyclic amines) is 1. The molecule has 3 aromatic carbocycles. The first-order valence-electron chi connectivity index (χ1n) is 15.5. The number of Topliss-reactive ketones (excluding diaryl/α,β-unsaturated/α-hetero) is 1. The number of nitrogens with zero attached hydrogens (tertiary/aromatic N) is 2. The van der Waals surface area contributed by atoms with Crippen LogP contribution in [-0.4, -0.2) is 66.5 Å². The Bertz CT molecular complexity index is 1420. The summed E-state index contributed by atoms with van der Waals surface area (Å²) in [5.74, 6) is 0.170. The summed E-state index contributed by atoms with van der Waals surface area (Å²) < 4.78 is 17.5. The largest absolute Gasteiger partial charge is 0.507 e. The lowest BCUT2D eigenvalue weighted by Gasteiger charge is -2.27. The number of unbranched alkanes of at least 4 members (excludes halogenated alkanes) is 1. The van der Waals surface area contributed by atoms with E-state index in [0.717, 1.165) is 38.0 Å². The van der Waals surface area contributed by atoms with Crippen molar-refractivity contribution < 1.29 is 28.9 Å². The third kappa shape index (κ3) is 7.80. The number of amides is 1. The van der Waals surface area contributed by atoms with Crippen LogP contribution < -0.4 is 14.2 Å². The number of hydrogen-bond donors (Lipinski definition) is 1. The van der Waals surface area contributed by atoms with Gasteiger partial charge in [0.15, 0.2) is 11.5 Å². The summed E-state index contributed by atoms with van der Waals surface area (Å²) in [7, 11) is 1.56. The Morgan fingerprint density at radius 2 is 1.61 bits per heavy atom. The third-order valence-corrected chi connectivity index (χ3v) is 7.94. The van der Waals surface area contributed by atoms with Crippen LogP contribution in [-0.2, 0) is 16.2 Å². The highest BCUT2D eigenvalue weighted by Gasteiger charge is 2.46. The van der Waals surface area contributed by atoms with Gasteiger partial charge in [0.2, 0.25) is 0 Å². The van der Waals surface area contributed by atoms with Crippen molar-refractivity contribution in [3.8, 4) is 17.2 Å². The molecule has 4 rings (SSSR count). The molecule has 0 bridgehead atoms. The molecule has 234 valence electrons. The lowest BCUT2D eigenvalue weighted by Crippen LogP contribution is -2.33. The Labute approximate surface area is 260 Å². The van der Waals surface area contributed by atoms with Crippen LogP contribution in [0.4, 0.5) is 0 Å². The minimum Gasteiger partial charge on any atom is -0.507 e. The van der Waals surface area contributed by atoms with Crippen LogP contribution in [0.25, 0.3) is 5.76 Å². The van der Waals surface area contributed by atoms with Gasteiger partial charge in [0, 0.05) is 12.1 Å². The Hall–Kier alpha value is -4.30. The number of methoxy groups -OCH3 is 1. The highest BCUT2D eigenvalue weighted by Crippen LogP contribution is 2.42. The Morgan fingerprint density at radius 3 is 2.27 bits per heavy atom. The van der Waals surface area contributed by atoms with E-state index in [9.17, 15) is 14.7 Å². The monoisotopic (exact) mass is 600 g/mol. The number of hydrogen-bond acceptors (Lipinski definition) is 7. The molecule has 1 N–H and O–H groups in total. The Balaban J connectivity index is 1.67. The zero-order chi connectivity index (χ0) is 31.5. The molecule has 1 amide bonds. The molecule has 0 aliphatic carbocycles. The van der Waals surface area contributed by atoms with Gasteiger partial charge in [-0.05, 0) is 80.0 Å². The molecule has 8 heteroatoms. The first-order chi connectivity index (χ1) is 21.4. The third-order valence-electron chi connectivity index (χ3n) is 7.94. The average Bonchev–Trinajstić information content (AvgIpc) is 3.31. The van der Waals surface area contributed by atoms with Gasteiger partial charge in [0.1, 0.15) is 18.1 Å². The summed E-state index contributed by atoms with van der Waals surface area (Å²) >= 11 is 0. The molecule has 1 saturated heterocycles. The minimum absolute atomic E-state index is 0.0532. The van der Waals surface area contributed by atoms with Crippen molar-refractivity contribution in [3.63, 3.8) is 0 Å². The zero-order valence-electron chi connectivity index (χ0n) is 26.3. The number of aliphatic hydroxyl groups excluding tert-OH is 1. The molecule has 1 unspecified atom stereocenters. The fraction of sp³-hybridized carbons (Fsp3) is 0.389. The van der Waals surface area contributed by atoms with Gasteiger partial charge >= 0.3 is 0 Å². The van der Waals surface area contributed by atoms with E-state index in [0.29, 0.717) is 54.6 Å². The van der Waals surface area contributed by atoms with E-state index >= 15 is 0 Å². The smallest absolute Gasteiger partial charge is 0.295 e. The molecule has 0 radical (unpaired) electrons. The number of ketones is 1. The van der Waals surface area contributed by atoms with Crippen LogP contribution >= 0.6 is 0 Å². The molecular formula is C36H44N2O6. The predicted octanol–water partition coefficient (Wildman–Crippen LogP) is 6.61. The van der Waals surface area contributed by atoms with Crippen molar-refractivity contribution in [2.24, 2.45) is 0 Å². The van der Waals surface area contributed by atoms with Gasteiger partial charge in [-0.2, -0.15) is 0 Å². The van der Waals surface area contributed by atoms with Gasteiger partial charge in [-0.25, -0.2) is 0 Å². The maximum atomic E-state index is 13.5. The first kappa shape index (κ1) is 32.6. The maximum absolute atomic E-state index is 13.5. The van der Waals surface area contributed by atoms with Crippen molar-refractivity contribution in [1.82, 2.24) is 9.80 Å². The molecular weight excluding hydrogens is 556 g/mol. The average molecular weight is 601 g/mol. The standard InChI is InChI=1S/C36H44N2O6/c1-5-8-23-43-30-20-17-28(24-31(30)42-4)33-32(35(40)36(41)38(33)22-12-21-37(6-2)7-3)34(39)27-15-18-29(19-16-27)44-25-26-13-10-9-11-14-26/h9-11,13-20,24,33,39H,5-8,12,21-23,25H2,1-4H3/b34-32-. The fourth-order valence-corrected chi connectivity index (χ4v) is 5.37. The lowest BCUT2D eigenvalue weighted by atomic mass is 9.95. The Kier molecular flexibility index (Phi) is 11.8. The van der Waals surface area contributed by atoms with E-state index in [-0.39, 0.29) is 11.3 Å². The second-order valence-electron chi connectivity index (χ2n) is 10.8. The summed E-state index contributed by atoms with van der Waals surface area (Å²) in [4.78, 5) is 30.9. The quantitative estimate of drug-likeness (QED) is 0.0857. The van der Waals surface area contributed by atoms with Crippen molar-refractivity contribution in [2.75, 3.05) is 39.9 Å². The van der Waals surface area contributed by atoms with Gasteiger partial charge in [0.05, 0.1) is 25.3 Å². The van der Waals surface area contributed by atoms with Gasteiger partial charge < -0.3 is 29.1 Å². The molecule has 44 heavy (non-hydrogen) atoms. The van der Waals surface area contributed by atoms with Gasteiger partial charge in [0.25, 0.3) is 11.7 Å². The van der Waals surface area contributed by atoms with Gasteiger partial charge in [-0.1, -0.05) is 63.6 Å². The lowest BCUT2D eigenvalue weighted by molar-refractivity contribution is -0.140. The summed E-state index contributed by atoms with van der Waals surface area (Å²) in [6, 6.07) is 21.4. The zero-order valence-corrected chi connectivity index (χ0v) is 26.3. The molecule has 1 fully saturated rings. The topological polar surface area (TPSA) is 88.5 Å². The van der Waals surface area contributed by atoms with E-state index in [1.807, 2.05) is 36.4 Å². The molecule has 3 aromatic rings. The number of benzene rings is 3. The number of rotatable bonds is 16. The minimum atomic E-state index is -0.778. The van der Waals surface area contributed by atoms with Gasteiger partial charge in [-0.3, -0.25) is 9.59 Å². The molecule has 1 atom stereocenters. The fourth-order valence-electron chi connectivity index (χ4n) is 5.37. The molecule has 0 spiro atoms. The first-order valence-corrected chi connectivity index (χ1v) is 15.5. The second kappa shape index (κ2) is 16.0. The summed E-state index contributed by atoms with van der Waals surface area (Å²) in [5.41, 5.74) is 2.18. The maximum Gasteiger partial charge on any atom is 0.295 e.